The molecule has 2 N–H and O–H groups in total. The topological polar surface area (TPSA) is 67.4 Å². The first-order chi connectivity index (χ1) is 9.38. The quantitative estimate of drug-likeness (QED) is 0.737. The van der Waals surface area contributed by atoms with E-state index in [0.29, 0.717) is 13.1 Å². The Bertz CT molecular complexity index is 318. The van der Waals surface area contributed by atoms with E-state index < -0.39 is 5.60 Å². The number of hydrogen-bond donors (Lipinski definition) is 2. The fourth-order valence-corrected chi connectivity index (χ4v) is 2.30. The molecule has 2 amide bonds. The summed E-state index contributed by atoms with van der Waals surface area (Å²) in [6, 6.07) is 0. The first-order valence-corrected chi connectivity index (χ1v) is 7.63. The molecule has 0 aromatic carbocycles. The van der Waals surface area contributed by atoms with Crippen LogP contribution in [0.1, 0.15) is 59.3 Å². The lowest BCUT2D eigenvalue weighted by molar-refractivity contribution is -0.124. The molecule has 0 aromatic heterocycles. The van der Waals surface area contributed by atoms with Gasteiger partial charge in [-0.05, 0) is 46.5 Å². The minimum atomic E-state index is -0.459. The van der Waals surface area contributed by atoms with Crippen molar-refractivity contribution in [1.82, 2.24) is 10.6 Å². The standard InChI is InChI=1S/C15H28N2O3/c1-15(2,3)20-14(19)17-11-7-6-10-16-13(18)12-8-4-5-9-12/h12H,4-11H2,1-3H3,(H,16,18)(H,17,19). The van der Waals surface area contributed by atoms with Crippen molar-refractivity contribution in [2.45, 2.75) is 64.9 Å². The molecule has 1 saturated carbocycles. The van der Waals surface area contributed by atoms with Gasteiger partial charge in [0.25, 0.3) is 0 Å². The third-order valence-corrected chi connectivity index (χ3v) is 3.30. The predicted octanol–water partition coefficient (Wildman–Crippen LogP) is 2.60. The van der Waals surface area contributed by atoms with Crippen LogP contribution in [0.2, 0.25) is 0 Å². The average molecular weight is 284 g/mol. The fraction of sp³-hybridized carbons (Fsp3) is 0.867. The average Bonchev–Trinajstić information content (AvgIpc) is 2.84. The van der Waals surface area contributed by atoms with Gasteiger partial charge in [-0.2, -0.15) is 0 Å². The molecule has 5 heteroatoms. The summed E-state index contributed by atoms with van der Waals surface area (Å²) in [4.78, 5) is 23.1. The maximum atomic E-state index is 11.7. The summed E-state index contributed by atoms with van der Waals surface area (Å²) in [6.45, 7) is 6.78. The van der Waals surface area contributed by atoms with Gasteiger partial charge in [0.15, 0.2) is 0 Å². The lowest BCUT2D eigenvalue weighted by Crippen LogP contribution is -2.33. The first-order valence-electron chi connectivity index (χ1n) is 7.63. The highest BCUT2D eigenvalue weighted by Crippen LogP contribution is 2.24. The third-order valence-electron chi connectivity index (χ3n) is 3.30. The van der Waals surface area contributed by atoms with Crippen LogP contribution in [0.5, 0.6) is 0 Å². The van der Waals surface area contributed by atoms with Gasteiger partial charge >= 0.3 is 6.09 Å². The van der Waals surface area contributed by atoms with E-state index in [-0.39, 0.29) is 17.9 Å². The van der Waals surface area contributed by atoms with Crippen LogP contribution in [-0.4, -0.2) is 30.7 Å². The number of carbonyl (C=O) groups is 2. The van der Waals surface area contributed by atoms with Crippen molar-refractivity contribution in [3.63, 3.8) is 0 Å². The molecule has 0 unspecified atom stereocenters. The molecule has 116 valence electrons. The Morgan fingerprint density at radius 1 is 1.05 bits per heavy atom. The van der Waals surface area contributed by atoms with Crippen LogP contribution >= 0.6 is 0 Å². The van der Waals surface area contributed by atoms with Gasteiger partial charge in [-0.1, -0.05) is 12.8 Å². The number of alkyl carbamates (subject to hydrolysis) is 1. The maximum Gasteiger partial charge on any atom is 0.407 e. The summed E-state index contributed by atoms with van der Waals surface area (Å²) in [5.74, 6) is 0.428. The third kappa shape index (κ3) is 7.36. The first kappa shape index (κ1) is 16.8. The molecule has 0 radical (unpaired) electrons. The van der Waals surface area contributed by atoms with Crippen LogP contribution < -0.4 is 10.6 Å². The van der Waals surface area contributed by atoms with Crippen molar-refractivity contribution in [3.05, 3.63) is 0 Å². The number of rotatable bonds is 6. The molecule has 0 atom stereocenters. The van der Waals surface area contributed by atoms with Crippen molar-refractivity contribution in [2.75, 3.05) is 13.1 Å². The molecule has 0 heterocycles. The number of unbranched alkanes of at least 4 members (excludes halogenated alkanes) is 1. The molecule has 5 nitrogen and oxygen atoms in total. The van der Waals surface area contributed by atoms with E-state index in [1.165, 1.54) is 12.8 Å². The lowest BCUT2D eigenvalue weighted by Gasteiger charge is -2.19. The van der Waals surface area contributed by atoms with E-state index in [1.54, 1.807) is 0 Å². The monoisotopic (exact) mass is 284 g/mol. The minimum Gasteiger partial charge on any atom is -0.444 e. The Morgan fingerprint density at radius 3 is 2.15 bits per heavy atom. The second-order valence-electron chi connectivity index (χ2n) is 6.41. The number of nitrogens with one attached hydrogen (secondary N) is 2. The van der Waals surface area contributed by atoms with Gasteiger partial charge in [0, 0.05) is 19.0 Å². The summed E-state index contributed by atoms with van der Waals surface area (Å²) in [6.07, 6.45) is 5.75. The van der Waals surface area contributed by atoms with Crippen molar-refractivity contribution in [2.24, 2.45) is 5.92 Å². The maximum absolute atomic E-state index is 11.7. The molecule has 0 bridgehead atoms. The molecule has 20 heavy (non-hydrogen) atoms. The second kappa shape index (κ2) is 8.12. The van der Waals surface area contributed by atoms with E-state index in [1.807, 2.05) is 20.8 Å². The Hall–Kier alpha value is -1.26. The highest BCUT2D eigenvalue weighted by Gasteiger charge is 2.21. The van der Waals surface area contributed by atoms with Crippen LogP contribution in [0.3, 0.4) is 0 Å². The second-order valence-corrected chi connectivity index (χ2v) is 6.41. The minimum absolute atomic E-state index is 0.197. The zero-order valence-corrected chi connectivity index (χ0v) is 13.0. The highest BCUT2D eigenvalue weighted by molar-refractivity contribution is 5.78. The van der Waals surface area contributed by atoms with Gasteiger partial charge in [0.05, 0.1) is 0 Å². The van der Waals surface area contributed by atoms with Gasteiger partial charge in [0.2, 0.25) is 5.91 Å². The summed E-state index contributed by atoms with van der Waals surface area (Å²) in [5.41, 5.74) is -0.459. The van der Waals surface area contributed by atoms with Crippen molar-refractivity contribution < 1.29 is 14.3 Å². The van der Waals surface area contributed by atoms with Crippen LogP contribution in [0, 0.1) is 5.92 Å². The van der Waals surface area contributed by atoms with Crippen molar-refractivity contribution in [1.29, 1.82) is 0 Å². The van der Waals surface area contributed by atoms with Crippen molar-refractivity contribution in [3.8, 4) is 0 Å². The van der Waals surface area contributed by atoms with Gasteiger partial charge in [-0.3, -0.25) is 4.79 Å². The van der Waals surface area contributed by atoms with Crippen LogP contribution in [0.15, 0.2) is 0 Å². The Balaban J connectivity index is 1.97. The summed E-state index contributed by atoms with van der Waals surface area (Å²) >= 11 is 0. The molecule has 0 spiro atoms. The largest absolute Gasteiger partial charge is 0.444 e. The number of amides is 2. The summed E-state index contributed by atoms with van der Waals surface area (Å²) in [5, 5.41) is 5.68. The molecule has 1 rings (SSSR count). The lowest BCUT2D eigenvalue weighted by atomic mass is 10.1. The molecule has 0 saturated heterocycles. The molecular formula is C15H28N2O3. The van der Waals surface area contributed by atoms with Gasteiger partial charge < -0.3 is 15.4 Å². The molecule has 1 fully saturated rings. The Labute approximate surface area is 121 Å². The molecule has 0 aliphatic heterocycles. The predicted molar refractivity (Wildman–Crippen MR) is 78.4 cm³/mol. The van der Waals surface area contributed by atoms with Gasteiger partial charge in [-0.15, -0.1) is 0 Å². The van der Waals surface area contributed by atoms with E-state index >= 15 is 0 Å². The molecule has 1 aliphatic carbocycles. The Kier molecular flexibility index (Phi) is 6.82. The number of ether oxygens (including phenoxy) is 1. The zero-order chi connectivity index (χ0) is 15.0. The van der Waals surface area contributed by atoms with Crippen LogP contribution in [0.25, 0.3) is 0 Å². The van der Waals surface area contributed by atoms with Crippen LogP contribution in [0.4, 0.5) is 4.79 Å². The molecule has 1 aliphatic rings. The SMILES string of the molecule is CC(C)(C)OC(=O)NCCCCNC(=O)C1CCCC1. The van der Waals surface area contributed by atoms with Crippen LogP contribution in [-0.2, 0) is 9.53 Å². The van der Waals surface area contributed by atoms with Crippen molar-refractivity contribution >= 4 is 12.0 Å². The zero-order valence-electron chi connectivity index (χ0n) is 13.0. The Morgan fingerprint density at radius 2 is 1.60 bits per heavy atom. The molecular weight excluding hydrogens is 256 g/mol. The summed E-state index contributed by atoms with van der Waals surface area (Å²) < 4.78 is 5.13. The summed E-state index contributed by atoms with van der Waals surface area (Å²) in [7, 11) is 0. The smallest absolute Gasteiger partial charge is 0.407 e. The number of hydrogen-bond acceptors (Lipinski definition) is 3. The fourth-order valence-electron chi connectivity index (χ4n) is 2.30. The number of carbonyl (C=O) groups excluding carboxylic acids is 2. The van der Waals surface area contributed by atoms with Gasteiger partial charge in [-0.25, -0.2) is 4.79 Å². The normalized spacial score (nSPS) is 15.9. The van der Waals surface area contributed by atoms with E-state index in [4.69, 9.17) is 4.74 Å². The van der Waals surface area contributed by atoms with Gasteiger partial charge in [0.1, 0.15) is 5.60 Å². The highest BCUT2D eigenvalue weighted by atomic mass is 16.6. The van der Waals surface area contributed by atoms with E-state index in [9.17, 15) is 9.59 Å². The molecule has 0 aromatic rings. The van der Waals surface area contributed by atoms with E-state index in [2.05, 4.69) is 10.6 Å². The van der Waals surface area contributed by atoms with E-state index in [0.717, 1.165) is 25.7 Å².